The molecule has 0 fully saturated rings. The lowest BCUT2D eigenvalue weighted by molar-refractivity contribution is -0.124. The Hall–Kier alpha value is -2.48. The van der Waals surface area contributed by atoms with Crippen LogP contribution in [0.5, 0.6) is 0 Å². The third-order valence-corrected chi connectivity index (χ3v) is 20.8. The van der Waals surface area contributed by atoms with Crippen LogP contribution in [0.2, 0.25) is 0 Å². The molecule has 0 aromatic carbocycles. The topological polar surface area (TPSA) is 40.6 Å². The fraction of sp³-hybridized carbons (Fsp3) is 0.710. The Morgan fingerprint density at radius 2 is 0.696 bits per heavy atom. The van der Waals surface area contributed by atoms with Gasteiger partial charge in [0.25, 0.3) is 11.8 Å². The summed E-state index contributed by atoms with van der Waals surface area (Å²) in [7, 11) is 0. The van der Waals surface area contributed by atoms with Crippen molar-refractivity contribution in [2.75, 3.05) is 13.1 Å². The molecule has 5 heterocycles. The zero-order chi connectivity index (χ0) is 50.1. The predicted octanol–water partition coefficient (Wildman–Crippen LogP) is 19.9. The smallest absolute Gasteiger partial charge is 0.261 e. The summed E-state index contributed by atoms with van der Waals surface area (Å²) < 4.78 is 0. The number of carbonyl (C=O) groups is 2. The normalized spacial score (nSPS) is 15.6. The molecule has 0 N–H and O–H groups in total. The Bertz CT molecular complexity index is 2090. The average molecular weight is 1000 g/mol. The van der Waals surface area contributed by atoms with Crippen LogP contribution in [0.25, 0.3) is 21.1 Å². The van der Waals surface area contributed by atoms with Crippen LogP contribution in [0, 0.1) is 23.7 Å². The van der Waals surface area contributed by atoms with E-state index in [2.05, 4.69) is 129 Å². The summed E-state index contributed by atoms with van der Waals surface area (Å²) in [6.07, 6.45) is 29.6. The fourth-order valence-corrected chi connectivity index (χ4v) is 14.1. The molecule has 0 saturated carbocycles. The van der Waals surface area contributed by atoms with Gasteiger partial charge < -0.3 is 9.80 Å². The Balaban J connectivity index is 1.65. The van der Waals surface area contributed by atoms with Gasteiger partial charge in [0.05, 0.1) is 32.3 Å². The van der Waals surface area contributed by atoms with Gasteiger partial charge in [0, 0.05) is 43.4 Å². The number of fused-ring (bicyclic) bond motifs is 1. The van der Waals surface area contributed by atoms with Crippen molar-refractivity contribution in [1.82, 2.24) is 9.80 Å². The van der Waals surface area contributed by atoms with Crippen molar-refractivity contribution in [3.63, 3.8) is 0 Å². The average Bonchev–Trinajstić information content (AvgIpc) is 4.18. The SMILES string of the molecule is CCCCCCCCC(CCCCCC)CN1C(=O)C2=C(c3ccc(C(C)(C)C(C)C)s3)N(CC(CCCCCC)CCCCCCCC)C(=O)C2=C1c1ccc(-c2ccc(C(C)(C)C(C)C)s2)s1. The lowest BCUT2D eigenvalue weighted by Crippen LogP contribution is -2.34. The van der Waals surface area contributed by atoms with Gasteiger partial charge in [-0.05, 0) is 85.8 Å². The molecule has 3 aromatic heterocycles. The maximum absolute atomic E-state index is 15.9. The molecule has 0 saturated heterocycles. The third-order valence-electron chi connectivity index (χ3n) is 16.6. The van der Waals surface area contributed by atoms with Crippen LogP contribution in [-0.4, -0.2) is 34.7 Å². The molecule has 4 nitrogen and oxygen atoms in total. The summed E-state index contributed by atoms with van der Waals surface area (Å²) in [6, 6.07) is 13.7. The molecule has 0 spiro atoms. The highest BCUT2D eigenvalue weighted by atomic mass is 32.1. The van der Waals surface area contributed by atoms with Gasteiger partial charge in [0.15, 0.2) is 0 Å². The van der Waals surface area contributed by atoms with Gasteiger partial charge in [-0.25, -0.2) is 0 Å². The number of hydrogen-bond donors (Lipinski definition) is 0. The van der Waals surface area contributed by atoms with E-state index in [-0.39, 0.29) is 22.6 Å². The summed E-state index contributed by atoms with van der Waals surface area (Å²) in [5.41, 5.74) is 3.16. The second-order valence-electron chi connectivity index (χ2n) is 23.1. The first-order valence-electron chi connectivity index (χ1n) is 28.6. The van der Waals surface area contributed by atoms with Gasteiger partial charge in [-0.3, -0.25) is 9.59 Å². The van der Waals surface area contributed by atoms with Crippen LogP contribution >= 0.6 is 34.0 Å². The van der Waals surface area contributed by atoms with Crippen molar-refractivity contribution in [2.24, 2.45) is 23.7 Å². The second-order valence-corrected chi connectivity index (χ2v) is 26.3. The molecule has 0 radical (unpaired) electrons. The zero-order valence-corrected chi connectivity index (χ0v) is 48.5. The zero-order valence-electron chi connectivity index (χ0n) is 46.1. The third kappa shape index (κ3) is 15.1. The van der Waals surface area contributed by atoms with E-state index in [0.29, 0.717) is 47.9 Å². The molecular weight excluding hydrogens is 901 g/mol. The van der Waals surface area contributed by atoms with Crippen molar-refractivity contribution < 1.29 is 9.59 Å². The number of unbranched alkanes of at least 4 members (excludes halogenated alkanes) is 16. The minimum Gasteiger partial charge on any atom is -0.306 e. The van der Waals surface area contributed by atoms with Crippen LogP contribution < -0.4 is 0 Å². The van der Waals surface area contributed by atoms with Gasteiger partial charge in [-0.2, -0.15) is 0 Å². The van der Waals surface area contributed by atoms with Crippen molar-refractivity contribution in [3.05, 3.63) is 67.1 Å². The van der Waals surface area contributed by atoms with E-state index < -0.39 is 0 Å². The van der Waals surface area contributed by atoms with E-state index >= 15 is 9.59 Å². The maximum atomic E-state index is 15.9. The van der Waals surface area contributed by atoms with Crippen LogP contribution in [0.4, 0.5) is 0 Å². The molecule has 2 atom stereocenters. The number of thiophene rings is 3. The van der Waals surface area contributed by atoms with Crippen molar-refractivity contribution in [1.29, 1.82) is 0 Å². The molecule has 2 unspecified atom stereocenters. The first kappa shape index (κ1) is 57.4. The Morgan fingerprint density at radius 1 is 0.406 bits per heavy atom. The number of amides is 2. The summed E-state index contributed by atoms with van der Waals surface area (Å²) in [4.78, 5) is 43.3. The number of carbonyl (C=O) groups excluding carboxylic acids is 2. The molecule has 7 heteroatoms. The maximum Gasteiger partial charge on any atom is 0.261 e. The lowest BCUT2D eigenvalue weighted by atomic mass is 9.80. The molecule has 3 aromatic rings. The van der Waals surface area contributed by atoms with Crippen molar-refractivity contribution in [2.45, 2.75) is 248 Å². The van der Waals surface area contributed by atoms with Gasteiger partial charge in [0.2, 0.25) is 0 Å². The Labute approximate surface area is 435 Å². The summed E-state index contributed by atoms with van der Waals surface area (Å²) in [5, 5.41) is 0. The highest BCUT2D eigenvalue weighted by molar-refractivity contribution is 7.22. The highest BCUT2D eigenvalue weighted by Crippen LogP contribution is 2.52. The molecule has 69 heavy (non-hydrogen) atoms. The standard InChI is InChI=1S/C62H98N2O2S3/c1-13-17-21-25-27-31-35-47(33-29-23-19-15-3)43-63-57(51-38-37-49(67-51)50-39-41-53(68-50)61(9,10)45(5)6)55-56(60(63)66)58(52-40-42-54(69-52)62(11,12)46(7)8)64(59(55)65)44-48(34-30-24-20-16-4)36-32-28-26-22-18-14-2/h37-42,45-48H,13-36,43-44H2,1-12H3. The monoisotopic (exact) mass is 999 g/mol. The Kier molecular flexibility index (Phi) is 23.4. The molecule has 0 aliphatic carbocycles. The minimum absolute atomic E-state index is 0.0301. The second kappa shape index (κ2) is 28.1. The summed E-state index contributed by atoms with van der Waals surface area (Å²) in [6.45, 7) is 29.2. The van der Waals surface area contributed by atoms with Crippen molar-refractivity contribution >= 4 is 57.2 Å². The molecule has 2 aliphatic rings. The molecular formula is C62H98N2O2S3. The lowest BCUT2D eigenvalue weighted by Gasteiger charge is -2.30. The number of rotatable bonds is 35. The first-order valence-corrected chi connectivity index (χ1v) is 31.0. The van der Waals surface area contributed by atoms with Crippen LogP contribution in [0.1, 0.15) is 257 Å². The molecule has 386 valence electrons. The van der Waals surface area contributed by atoms with E-state index in [1.807, 2.05) is 22.7 Å². The van der Waals surface area contributed by atoms with Crippen LogP contribution in [0.15, 0.2) is 47.5 Å². The predicted molar refractivity (Wildman–Crippen MR) is 305 cm³/mol. The molecule has 2 aliphatic heterocycles. The minimum atomic E-state index is -0.0301. The highest BCUT2D eigenvalue weighted by Gasteiger charge is 2.50. The molecule has 0 bridgehead atoms. The van der Waals surface area contributed by atoms with E-state index in [1.165, 1.54) is 148 Å². The van der Waals surface area contributed by atoms with Crippen LogP contribution in [-0.2, 0) is 20.4 Å². The van der Waals surface area contributed by atoms with E-state index in [4.69, 9.17) is 0 Å². The largest absolute Gasteiger partial charge is 0.306 e. The van der Waals surface area contributed by atoms with Gasteiger partial charge >= 0.3 is 0 Å². The summed E-state index contributed by atoms with van der Waals surface area (Å²) >= 11 is 5.50. The van der Waals surface area contributed by atoms with Gasteiger partial charge in [0.1, 0.15) is 0 Å². The molecule has 5 rings (SSSR count). The van der Waals surface area contributed by atoms with E-state index in [0.717, 1.165) is 46.8 Å². The fourth-order valence-electron chi connectivity index (χ4n) is 10.4. The van der Waals surface area contributed by atoms with Gasteiger partial charge in [-0.15, -0.1) is 34.0 Å². The van der Waals surface area contributed by atoms with Crippen LogP contribution in [0.3, 0.4) is 0 Å². The molecule has 2 amide bonds. The Morgan fingerprint density at radius 3 is 1.09 bits per heavy atom. The number of nitrogens with zero attached hydrogens (tertiary/aromatic N) is 2. The van der Waals surface area contributed by atoms with Crippen molar-refractivity contribution in [3.8, 4) is 9.75 Å². The quantitative estimate of drug-likeness (QED) is 0.0551. The van der Waals surface area contributed by atoms with E-state index in [1.54, 1.807) is 11.3 Å². The van der Waals surface area contributed by atoms with E-state index in [9.17, 15) is 0 Å². The first-order chi connectivity index (χ1) is 33.1. The van der Waals surface area contributed by atoms with Gasteiger partial charge in [-0.1, -0.05) is 212 Å². The number of hydrogen-bond acceptors (Lipinski definition) is 5. The summed E-state index contributed by atoms with van der Waals surface area (Å²) in [5.74, 6) is 1.86.